The van der Waals surface area contributed by atoms with Crippen LogP contribution in [0.15, 0.2) is 71.6 Å². The summed E-state index contributed by atoms with van der Waals surface area (Å²) in [4.78, 5) is 8.92. The van der Waals surface area contributed by atoms with Crippen LogP contribution in [-0.4, -0.2) is 14.4 Å². The minimum absolute atomic E-state index is 0.810. The molecule has 0 fully saturated rings. The van der Waals surface area contributed by atoms with Gasteiger partial charge < -0.3 is 5.32 Å². The number of rotatable bonds is 3. The summed E-state index contributed by atoms with van der Waals surface area (Å²) in [5, 5.41) is 3.50. The van der Waals surface area contributed by atoms with Gasteiger partial charge in [-0.3, -0.25) is 9.38 Å². The summed E-state index contributed by atoms with van der Waals surface area (Å²) in [6.07, 6.45) is 5.45. The van der Waals surface area contributed by atoms with Crippen LogP contribution in [0, 0.1) is 6.92 Å². The molecule has 4 nitrogen and oxygen atoms in total. The van der Waals surface area contributed by atoms with Crippen LogP contribution in [0.5, 0.6) is 0 Å². The zero-order valence-electron chi connectivity index (χ0n) is 13.1. The van der Waals surface area contributed by atoms with Gasteiger partial charge in [0.2, 0.25) is 0 Å². The van der Waals surface area contributed by atoms with Crippen LogP contribution >= 0.6 is 15.9 Å². The number of hydrogen-bond acceptors (Lipinski definition) is 3. The highest BCUT2D eigenvalue weighted by Gasteiger charge is 2.14. The van der Waals surface area contributed by atoms with Crippen molar-refractivity contribution >= 4 is 33.1 Å². The van der Waals surface area contributed by atoms with Crippen LogP contribution < -0.4 is 5.32 Å². The monoisotopic (exact) mass is 378 g/mol. The Bertz CT molecular complexity index is 988. The quantitative estimate of drug-likeness (QED) is 0.531. The van der Waals surface area contributed by atoms with Crippen LogP contribution in [0.2, 0.25) is 0 Å². The van der Waals surface area contributed by atoms with Gasteiger partial charge in [-0.15, -0.1) is 0 Å². The molecule has 1 N–H and O–H groups in total. The highest BCUT2D eigenvalue weighted by Crippen LogP contribution is 2.31. The molecule has 0 radical (unpaired) electrons. The van der Waals surface area contributed by atoms with E-state index in [1.165, 1.54) is 5.56 Å². The molecule has 4 rings (SSSR count). The van der Waals surface area contributed by atoms with E-state index in [9.17, 15) is 0 Å². The van der Waals surface area contributed by atoms with Crippen molar-refractivity contribution in [3.05, 3.63) is 77.2 Å². The first-order valence-electron chi connectivity index (χ1n) is 7.62. The molecule has 118 valence electrons. The molecule has 0 saturated carbocycles. The number of anilines is 2. The van der Waals surface area contributed by atoms with Crippen LogP contribution in [0.25, 0.3) is 16.9 Å². The molecule has 0 saturated heterocycles. The van der Waals surface area contributed by atoms with Gasteiger partial charge in [-0.05, 0) is 31.2 Å². The molecule has 0 aliphatic heterocycles. The van der Waals surface area contributed by atoms with E-state index in [1.54, 1.807) is 12.4 Å². The molecule has 0 unspecified atom stereocenters. The Morgan fingerprint density at radius 3 is 2.50 bits per heavy atom. The maximum absolute atomic E-state index is 4.75. The van der Waals surface area contributed by atoms with E-state index in [0.29, 0.717) is 0 Å². The summed E-state index contributed by atoms with van der Waals surface area (Å²) in [7, 11) is 0. The molecule has 0 aliphatic carbocycles. The molecule has 2 heterocycles. The van der Waals surface area contributed by atoms with Gasteiger partial charge in [0.05, 0.1) is 6.20 Å². The molecule has 0 amide bonds. The molecule has 0 atom stereocenters. The number of aryl methyl sites for hydroxylation is 1. The number of hydrogen-bond donors (Lipinski definition) is 1. The van der Waals surface area contributed by atoms with Crippen molar-refractivity contribution in [2.24, 2.45) is 0 Å². The van der Waals surface area contributed by atoms with Gasteiger partial charge in [-0.1, -0.05) is 45.8 Å². The minimum Gasteiger partial charge on any atom is -0.339 e. The summed E-state index contributed by atoms with van der Waals surface area (Å²) in [5.41, 5.74) is 5.02. The lowest BCUT2D eigenvalue weighted by atomic mass is 10.1. The summed E-state index contributed by atoms with van der Waals surface area (Å²) < 4.78 is 3.06. The fourth-order valence-corrected chi connectivity index (χ4v) is 2.87. The topological polar surface area (TPSA) is 42.2 Å². The Hall–Kier alpha value is -2.66. The lowest BCUT2D eigenvalue weighted by Crippen LogP contribution is -1.97. The summed E-state index contributed by atoms with van der Waals surface area (Å²) >= 11 is 3.48. The Morgan fingerprint density at radius 2 is 1.75 bits per heavy atom. The molecule has 0 aliphatic rings. The van der Waals surface area contributed by atoms with Crippen molar-refractivity contribution in [3.63, 3.8) is 0 Å². The van der Waals surface area contributed by atoms with Crippen molar-refractivity contribution in [2.75, 3.05) is 5.32 Å². The van der Waals surface area contributed by atoms with E-state index in [1.807, 2.05) is 22.7 Å². The highest BCUT2D eigenvalue weighted by molar-refractivity contribution is 9.10. The molecule has 24 heavy (non-hydrogen) atoms. The highest BCUT2D eigenvalue weighted by atomic mass is 79.9. The first-order chi connectivity index (χ1) is 11.7. The Morgan fingerprint density at radius 1 is 1.00 bits per heavy atom. The number of nitrogens with one attached hydrogen (secondary N) is 1. The molecule has 5 heteroatoms. The van der Waals surface area contributed by atoms with Crippen molar-refractivity contribution < 1.29 is 0 Å². The number of fused-ring (bicyclic) bond motifs is 1. The SMILES string of the molecule is Cc1ccc(Nc2c(-c3ccc(Br)cc3)nc3cnccn23)cc1. The van der Waals surface area contributed by atoms with Crippen LogP contribution in [0.1, 0.15) is 5.56 Å². The van der Waals surface area contributed by atoms with Gasteiger partial charge in [-0.25, -0.2) is 4.98 Å². The lowest BCUT2D eigenvalue weighted by molar-refractivity contribution is 1.13. The lowest BCUT2D eigenvalue weighted by Gasteiger charge is -2.09. The van der Waals surface area contributed by atoms with E-state index in [-0.39, 0.29) is 0 Å². The summed E-state index contributed by atoms with van der Waals surface area (Å²) in [5.74, 6) is 0.929. The molecular formula is C19H15BrN4. The van der Waals surface area contributed by atoms with Gasteiger partial charge in [0, 0.05) is 28.1 Å². The Balaban J connectivity index is 1.86. The maximum Gasteiger partial charge on any atom is 0.157 e. The first kappa shape index (κ1) is 14.9. The minimum atomic E-state index is 0.810. The number of nitrogens with zero attached hydrogens (tertiary/aromatic N) is 3. The van der Waals surface area contributed by atoms with Gasteiger partial charge in [0.25, 0.3) is 0 Å². The standard InChI is InChI=1S/C19H15BrN4/c1-13-2-8-16(9-3-13)22-19-18(14-4-6-15(20)7-5-14)23-17-12-21-10-11-24(17)19/h2-12,22H,1H3. The molecule has 2 aromatic heterocycles. The van der Waals surface area contributed by atoms with Gasteiger partial charge in [0.15, 0.2) is 5.65 Å². The molecule has 0 spiro atoms. The summed E-state index contributed by atoms with van der Waals surface area (Å²) in [6, 6.07) is 16.5. The average Bonchev–Trinajstić information content (AvgIpc) is 2.96. The molecule has 0 bridgehead atoms. The van der Waals surface area contributed by atoms with Crippen LogP contribution in [0.3, 0.4) is 0 Å². The van der Waals surface area contributed by atoms with E-state index >= 15 is 0 Å². The maximum atomic E-state index is 4.75. The zero-order chi connectivity index (χ0) is 16.5. The predicted molar refractivity (Wildman–Crippen MR) is 101 cm³/mol. The van der Waals surface area contributed by atoms with Gasteiger partial charge >= 0.3 is 0 Å². The fourth-order valence-electron chi connectivity index (χ4n) is 2.61. The predicted octanol–water partition coefficient (Wildman–Crippen LogP) is 5.21. The van der Waals surface area contributed by atoms with Gasteiger partial charge in [0.1, 0.15) is 11.5 Å². The smallest absolute Gasteiger partial charge is 0.157 e. The summed E-state index contributed by atoms with van der Waals surface area (Å²) in [6.45, 7) is 2.08. The van der Waals surface area contributed by atoms with E-state index < -0.39 is 0 Å². The normalized spacial score (nSPS) is 10.9. The number of aromatic nitrogens is 3. The average molecular weight is 379 g/mol. The van der Waals surface area contributed by atoms with E-state index in [4.69, 9.17) is 4.98 Å². The second kappa shape index (κ2) is 6.09. The van der Waals surface area contributed by atoms with E-state index in [2.05, 4.69) is 69.6 Å². The van der Waals surface area contributed by atoms with Crippen LogP contribution in [-0.2, 0) is 0 Å². The van der Waals surface area contributed by atoms with Crippen molar-refractivity contribution in [3.8, 4) is 11.3 Å². The van der Waals surface area contributed by atoms with Crippen LogP contribution in [0.4, 0.5) is 11.5 Å². The number of halogens is 1. The second-order valence-corrected chi connectivity index (χ2v) is 6.53. The first-order valence-corrected chi connectivity index (χ1v) is 8.42. The molecule has 2 aromatic carbocycles. The third kappa shape index (κ3) is 2.78. The third-order valence-electron chi connectivity index (χ3n) is 3.86. The van der Waals surface area contributed by atoms with Crippen molar-refractivity contribution in [1.29, 1.82) is 0 Å². The van der Waals surface area contributed by atoms with E-state index in [0.717, 1.165) is 32.9 Å². The second-order valence-electron chi connectivity index (χ2n) is 5.61. The zero-order valence-corrected chi connectivity index (χ0v) is 14.7. The van der Waals surface area contributed by atoms with Crippen molar-refractivity contribution in [2.45, 2.75) is 6.92 Å². The van der Waals surface area contributed by atoms with Gasteiger partial charge in [-0.2, -0.15) is 0 Å². The Kier molecular flexibility index (Phi) is 3.78. The molecule has 4 aromatic rings. The molecular weight excluding hydrogens is 364 g/mol. The third-order valence-corrected chi connectivity index (χ3v) is 4.39. The van der Waals surface area contributed by atoms with Crippen molar-refractivity contribution in [1.82, 2.24) is 14.4 Å². The Labute approximate surface area is 148 Å². The largest absolute Gasteiger partial charge is 0.339 e. The fraction of sp³-hybridized carbons (Fsp3) is 0.0526. The number of imidazole rings is 1. The number of benzene rings is 2.